The molecule has 0 amide bonds. The molecule has 0 fully saturated rings. The van der Waals surface area contributed by atoms with Crippen LogP contribution >= 0.6 is 11.3 Å². The Balaban J connectivity index is 1.79. The highest BCUT2D eigenvalue weighted by atomic mass is 32.1. The number of thiophene rings is 1. The number of nitrogens with zero attached hydrogens (tertiary/aromatic N) is 2. The lowest BCUT2D eigenvalue weighted by Crippen LogP contribution is -2.11. The Morgan fingerprint density at radius 3 is 2.75 bits per heavy atom. The van der Waals surface area contributed by atoms with Gasteiger partial charge in [0.1, 0.15) is 0 Å². The Morgan fingerprint density at radius 1 is 1.31 bits per heavy atom. The Morgan fingerprint density at radius 2 is 2.12 bits per heavy atom. The molecule has 1 N–H and O–H groups in total. The summed E-state index contributed by atoms with van der Waals surface area (Å²) in [6.07, 6.45) is 5.07. The molecule has 0 aromatic carbocycles. The van der Waals surface area contributed by atoms with Crippen LogP contribution in [0.15, 0.2) is 24.5 Å². The van der Waals surface area contributed by atoms with Gasteiger partial charge in [-0.1, -0.05) is 6.92 Å². The van der Waals surface area contributed by atoms with E-state index in [2.05, 4.69) is 29.5 Å². The molecule has 0 spiro atoms. The molecule has 0 bridgehead atoms. The van der Waals surface area contributed by atoms with Gasteiger partial charge in [-0.3, -0.25) is 4.68 Å². The molecule has 2 aromatic rings. The number of rotatable bonds is 5. The first kappa shape index (κ1) is 11.4. The average molecular weight is 235 g/mol. The van der Waals surface area contributed by atoms with Crippen molar-refractivity contribution in [3.8, 4) is 0 Å². The van der Waals surface area contributed by atoms with Crippen molar-refractivity contribution in [1.29, 1.82) is 0 Å². The molecule has 4 heteroatoms. The summed E-state index contributed by atoms with van der Waals surface area (Å²) in [6, 6.07) is 4.42. The van der Waals surface area contributed by atoms with Crippen LogP contribution in [0.2, 0.25) is 0 Å². The molecule has 0 aliphatic rings. The van der Waals surface area contributed by atoms with Crippen molar-refractivity contribution in [3.05, 3.63) is 39.8 Å². The summed E-state index contributed by atoms with van der Waals surface area (Å²) in [7, 11) is 1.94. The third-order valence-corrected chi connectivity index (χ3v) is 3.68. The zero-order valence-electron chi connectivity index (χ0n) is 9.73. The van der Waals surface area contributed by atoms with E-state index in [-0.39, 0.29) is 0 Å². The second-order valence-electron chi connectivity index (χ2n) is 3.85. The SMILES string of the molecule is CCc1ccc(CNCc2cnn(C)c2)s1. The van der Waals surface area contributed by atoms with Crippen LogP contribution in [-0.4, -0.2) is 9.78 Å². The molecule has 2 rings (SSSR count). The predicted octanol–water partition coefficient (Wildman–Crippen LogP) is 2.33. The Labute approximate surface area is 100 Å². The fourth-order valence-electron chi connectivity index (χ4n) is 1.60. The van der Waals surface area contributed by atoms with Crippen LogP contribution in [-0.2, 0) is 26.6 Å². The molecule has 3 nitrogen and oxygen atoms in total. The van der Waals surface area contributed by atoms with Gasteiger partial charge in [0.15, 0.2) is 0 Å². The number of nitrogens with one attached hydrogen (secondary N) is 1. The van der Waals surface area contributed by atoms with E-state index in [9.17, 15) is 0 Å². The van der Waals surface area contributed by atoms with Crippen LogP contribution in [0.25, 0.3) is 0 Å². The summed E-state index contributed by atoms with van der Waals surface area (Å²) in [5.74, 6) is 0. The minimum Gasteiger partial charge on any atom is -0.308 e. The van der Waals surface area contributed by atoms with Gasteiger partial charge in [0.2, 0.25) is 0 Å². The molecule has 0 unspecified atom stereocenters. The molecule has 16 heavy (non-hydrogen) atoms. The molecule has 0 saturated carbocycles. The van der Waals surface area contributed by atoms with Crippen LogP contribution in [0.5, 0.6) is 0 Å². The number of hydrogen-bond acceptors (Lipinski definition) is 3. The average Bonchev–Trinajstić information content (AvgIpc) is 2.88. The Bertz CT molecular complexity index is 445. The van der Waals surface area contributed by atoms with Gasteiger partial charge in [0.25, 0.3) is 0 Å². The standard InChI is InChI=1S/C12H17N3S/c1-3-11-4-5-12(16-11)8-13-6-10-7-14-15(2)9-10/h4-5,7,9,13H,3,6,8H2,1-2H3. The Hall–Kier alpha value is -1.13. The molecule has 2 heterocycles. The van der Waals surface area contributed by atoms with E-state index in [0.717, 1.165) is 19.5 Å². The van der Waals surface area contributed by atoms with Crippen molar-refractivity contribution in [2.45, 2.75) is 26.4 Å². The van der Waals surface area contributed by atoms with Gasteiger partial charge in [0.05, 0.1) is 6.20 Å². The van der Waals surface area contributed by atoms with Gasteiger partial charge in [-0.25, -0.2) is 0 Å². The van der Waals surface area contributed by atoms with Crippen LogP contribution in [0.4, 0.5) is 0 Å². The van der Waals surface area contributed by atoms with E-state index in [1.165, 1.54) is 15.3 Å². The van der Waals surface area contributed by atoms with Crippen LogP contribution < -0.4 is 5.32 Å². The van der Waals surface area contributed by atoms with E-state index in [0.29, 0.717) is 0 Å². The molecule has 2 aromatic heterocycles. The van der Waals surface area contributed by atoms with Gasteiger partial charge in [-0.2, -0.15) is 5.10 Å². The zero-order chi connectivity index (χ0) is 11.4. The minimum atomic E-state index is 0.882. The van der Waals surface area contributed by atoms with Crippen molar-refractivity contribution >= 4 is 11.3 Å². The summed E-state index contributed by atoms with van der Waals surface area (Å²) in [4.78, 5) is 2.86. The van der Waals surface area contributed by atoms with Crippen molar-refractivity contribution in [2.24, 2.45) is 7.05 Å². The summed E-state index contributed by atoms with van der Waals surface area (Å²) in [5, 5.41) is 7.56. The van der Waals surface area contributed by atoms with Gasteiger partial charge in [-0.15, -0.1) is 11.3 Å². The van der Waals surface area contributed by atoms with Gasteiger partial charge < -0.3 is 5.32 Å². The monoisotopic (exact) mass is 235 g/mol. The first-order valence-electron chi connectivity index (χ1n) is 5.53. The molecule has 0 aliphatic carbocycles. The maximum Gasteiger partial charge on any atom is 0.0534 e. The van der Waals surface area contributed by atoms with E-state index in [1.54, 1.807) is 0 Å². The third-order valence-electron chi connectivity index (χ3n) is 2.45. The highest BCUT2D eigenvalue weighted by Gasteiger charge is 1.99. The predicted molar refractivity (Wildman–Crippen MR) is 67.4 cm³/mol. The number of hydrogen-bond donors (Lipinski definition) is 1. The molecular formula is C12H17N3S. The zero-order valence-corrected chi connectivity index (χ0v) is 10.5. The van der Waals surface area contributed by atoms with Crippen LogP contribution in [0.1, 0.15) is 22.2 Å². The smallest absolute Gasteiger partial charge is 0.0534 e. The lowest BCUT2D eigenvalue weighted by Gasteiger charge is -1.99. The lowest BCUT2D eigenvalue weighted by molar-refractivity contribution is 0.699. The summed E-state index contributed by atoms with van der Waals surface area (Å²) < 4.78 is 1.83. The first-order valence-corrected chi connectivity index (χ1v) is 6.35. The second kappa shape index (κ2) is 5.27. The topological polar surface area (TPSA) is 29.9 Å². The molecule has 0 atom stereocenters. The summed E-state index contributed by atoms with van der Waals surface area (Å²) in [5.41, 5.74) is 1.23. The maximum atomic E-state index is 4.14. The summed E-state index contributed by atoms with van der Waals surface area (Å²) in [6.45, 7) is 4.02. The van der Waals surface area contributed by atoms with E-state index in [1.807, 2.05) is 35.5 Å². The normalized spacial score (nSPS) is 10.9. The van der Waals surface area contributed by atoms with Crippen molar-refractivity contribution in [3.63, 3.8) is 0 Å². The van der Waals surface area contributed by atoms with E-state index >= 15 is 0 Å². The Kier molecular flexibility index (Phi) is 3.74. The van der Waals surface area contributed by atoms with E-state index < -0.39 is 0 Å². The number of aromatic nitrogens is 2. The molecule has 0 aliphatic heterocycles. The quantitative estimate of drug-likeness (QED) is 0.862. The lowest BCUT2D eigenvalue weighted by atomic mass is 10.3. The van der Waals surface area contributed by atoms with Crippen molar-refractivity contribution in [2.75, 3.05) is 0 Å². The van der Waals surface area contributed by atoms with Gasteiger partial charge in [0, 0.05) is 41.7 Å². The van der Waals surface area contributed by atoms with Gasteiger partial charge in [-0.05, 0) is 18.6 Å². The van der Waals surface area contributed by atoms with Gasteiger partial charge >= 0.3 is 0 Å². The summed E-state index contributed by atoms with van der Waals surface area (Å²) >= 11 is 1.89. The minimum absolute atomic E-state index is 0.882. The first-order chi connectivity index (χ1) is 7.78. The maximum absolute atomic E-state index is 4.14. The largest absolute Gasteiger partial charge is 0.308 e. The number of aryl methyl sites for hydroxylation is 2. The molecule has 0 radical (unpaired) electrons. The highest BCUT2D eigenvalue weighted by Crippen LogP contribution is 2.16. The fourth-order valence-corrected chi connectivity index (χ4v) is 2.53. The van der Waals surface area contributed by atoms with Crippen LogP contribution in [0, 0.1) is 0 Å². The van der Waals surface area contributed by atoms with Crippen LogP contribution in [0.3, 0.4) is 0 Å². The molecule has 86 valence electrons. The fraction of sp³-hybridized carbons (Fsp3) is 0.417. The van der Waals surface area contributed by atoms with Crippen molar-refractivity contribution in [1.82, 2.24) is 15.1 Å². The second-order valence-corrected chi connectivity index (χ2v) is 5.10. The molecular weight excluding hydrogens is 218 g/mol. The van der Waals surface area contributed by atoms with Crippen molar-refractivity contribution < 1.29 is 0 Å². The third kappa shape index (κ3) is 2.93. The van der Waals surface area contributed by atoms with E-state index in [4.69, 9.17) is 0 Å². The highest BCUT2D eigenvalue weighted by molar-refractivity contribution is 7.11. The molecule has 0 saturated heterocycles.